The molecule has 2 heterocycles. The molecule has 3 rings (SSSR count). The van der Waals surface area contributed by atoms with E-state index in [1.165, 1.54) is 12.7 Å². The standard InChI is InChI=1S/C23H31NO5/c1-23(2,3)29-22(26)24-10-7-16(8-11-24)13-19(15-21(25)27-4)18-6-5-17-9-12-28-20(17)14-18/h5-6,14-16H,7-13H2,1-4H3/b19-15-. The van der Waals surface area contributed by atoms with Crippen LogP contribution in [0, 0.1) is 5.92 Å². The van der Waals surface area contributed by atoms with Crippen molar-refractivity contribution in [1.29, 1.82) is 0 Å². The van der Waals surface area contributed by atoms with Gasteiger partial charge in [0.1, 0.15) is 11.4 Å². The van der Waals surface area contributed by atoms with Gasteiger partial charge < -0.3 is 19.1 Å². The van der Waals surface area contributed by atoms with Crippen LogP contribution in [0.1, 0.15) is 51.2 Å². The highest BCUT2D eigenvalue weighted by Crippen LogP contribution is 2.34. The van der Waals surface area contributed by atoms with Crippen molar-refractivity contribution in [1.82, 2.24) is 4.90 Å². The van der Waals surface area contributed by atoms with Gasteiger partial charge in [-0.25, -0.2) is 9.59 Å². The normalized spacial score (nSPS) is 17.5. The first-order chi connectivity index (χ1) is 13.7. The summed E-state index contributed by atoms with van der Waals surface area (Å²) in [6.07, 6.45) is 4.76. The lowest BCUT2D eigenvalue weighted by Gasteiger charge is -2.33. The first-order valence-corrected chi connectivity index (χ1v) is 10.3. The maximum absolute atomic E-state index is 12.3. The molecule has 0 aliphatic carbocycles. The largest absolute Gasteiger partial charge is 0.493 e. The van der Waals surface area contributed by atoms with E-state index in [-0.39, 0.29) is 12.1 Å². The number of likely N-dealkylation sites (tertiary alicyclic amines) is 1. The zero-order chi connectivity index (χ0) is 21.0. The van der Waals surface area contributed by atoms with Gasteiger partial charge in [0.25, 0.3) is 0 Å². The van der Waals surface area contributed by atoms with Crippen LogP contribution in [-0.4, -0.2) is 49.4 Å². The second-order valence-corrected chi connectivity index (χ2v) is 8.73. The van der Waals surface area contributed by atoms with Gasteiger partial charge >= 0.3 is 12.1 Å². The fourth-order valence-corrected chi connectivity index (χ4v) is 3.78. The third kappa shape index (κ3) is 5.75. The summed E-state index contributed by atoms with van der Waals surface area (Å²) in [7, 11) is 1.39. The molecule has 0 N–H and O–H groups in total. The molecular weight excluding hydrogens is 370 g/mol. The molecule has 1 amide bonds. The van der Waals surface area contributed by atoms with Crippen molar-refractivity contribution in [3.05, 3.63) is 35.4 Å². The second kappa shape index (κ2) is 8.89. The van der Waals surface area contributed by atoms with E-state index in [0.29, 0.717) is 25.6 Å². The van der Waals surface area contributed by atoms with Crippen molar-refractivity contribution < 1.29 is 23.8 Å². The number of nitrogens with zero attached hydrogens (tertiary/aromatic N) is 1. The minimum atomic E-state index is -0.486. The Labute approximate surface area is 172 Å². The number of allylic oxidation sites excluding steroid dienone is 1. The van der Waals surface area contributed by atoms with E-state index in [1.807, 2.05) is 26.8 Å². The number of hydrogen-bond acceptors (Lipinski definition) is 5. The SMILES string of the molecule is COC(=O)/C=C(/CC1CCN(C(=O)OC(C)(C)C)CC1)c1ccc2c(c1)OCC2. The van der Waals surface area contributed by atoms with Crippen molar-refractivity contribution in [2.24, 2.45) is 5.92 Å². The molecule has 0 atom stereocenters. The van der Waals surface area contributed by atoms with Gasteiger partial charge in [-0.05, 0) is 68.7 Å². The Morgan fingerprint density at radius 1 is 1.24 bits per heavy atom. The Balaban J connectivity index is 1.66. The molecule has 6 nitrogen and oxygen atoms in total. The number of piperidine rings is 1. The highest BCUT2D eigenvalue weighted by molar-refractivity contribution is 5.91. The number of rotatable bonds is 4. The molecule has 0 spiro atoms. The molecule has 6 heteroatoms. The van der Waals surface area contributed by atoms with E-state index in [2.05, 4.69) is 12.1 Å². The van der Waals surface area contributed by atoms with Gasteiger partial charge in [0.15, 0.2) is 0 Å². The third-order valence-corrected chi connectivity index (χ3v) is 5.33. The van der Waals surface area contributed by atoms with Gasteiger partial charge in [0.05, 0.1) is 13.7 Å². The van der Waals surface area contributed by atoms with Crippen LogP contribution in [0.5, 0.6) is 5.75 Å². The lowest BCUT2D eigenvalue weighted by molar-refractivity contribution is -0.134. The summed E-state index contributed by atoms with van der Waals surface area (Å²) < 4.78 is 16.0. The third-order valence-electron chi connectivity index (χ3n) is 5.33. The van der Waals surface area contributed by atoms with Crippen LogP contribution in [0.2, 0.25) is 0 Å². The Kier molecular flexibility index (Phi) is 6.50. The summed E-state index contributed by atoms with van der Waals surface area (Å²) in [4.78, 5) is 26.0. The number of carbonyl (C=O) groups excluding carboxylic acids is 2. The molecule has 1 fully saturated rings. The maximum Gasteiger partial charge on any atom is 0.410 e. The number of benzene rings is 1. The topological polar surface area (TPSA) is 65.1 Å². The highest BCUT2D eigenvalue weighted by Gasteiger charge is 2.27. The van der Waals surface area contributed by atoms with Crippen LogP contribution in [0.15, 0.2) is 24.3 Å². The number of hydrogen-bond donors (Lipinski definition) is 0. The van der Waals surface area contributed by atoms with Gasteiger partial charge in [0, 0.05) is 25.6 Å². The number of ether oxygens (including phenoxy) is 3. The lowest BCUT2D eigenvalue weighted by Crippen LogP contribution is -2.41. The molecular formula is C23H31NO5. The van der Waals surface area contributed by atoms with Gasteiger partial charge in [0.2, 0.25) is 0 Å². The Morgan fingerprint density at radius 2 is 1.97 bits per heavy atom. The first kappa shape index (κ1) is 21.2. The Hall–Kier alpha value is -2.50. The van der Waals surface area contributed by atoms with Crippen molar-refractivity contribution in [2.45, 2.75) is 52.1 Å². The zero-order valence-electron chi connectivity index (χ0n) is 17.8. The van der Waals surface area contributed by atoms with Crippen LogP contribution in [0.4, 0.5) is 4.79 Å². The monoisotopic (exact) mass is 401 g/mol. The number of esters is 1. The van der Waals surface area contributed by atoms with Gasteiger partial charge in [-0.1, -0.05) is 12.1 Å². The summed E-state index contributed by atoms with van der Waals surface area (Å²) in [6.45, 7) is 7.67. The molecule has 29 heavy (non-hydrogen) atoms. The van der Waals surface area contributed by atoms with Crippen molar-refractivity contribution >= 4 is 17.6 Å². The summed E-state index contributed by atoms with van der Waals surface area (Å²) in [5.41, 5.74) is 2.66. The minimum absolute atomic E-state index is 0.253. The number of methoxy groups -OCH3 is 1. The predicted octanol–water partition coefficient (Wildman–Crippen LogP) is 4.22. The van der Waals surface area contributed by atoms with Crippen LogP contribution in [0.25, 0.3) is 5.57 Å². The molecule has 0 radical (unpaired) electrons. The van der Waals surface area contributed by atoms with Crippen molar-refractivity contribution in [3.8, 4) is 5.75 Å². The smallest absolute Gasteiger partial charge is 0.410 e. The maximum atomic E-state index is 12.3. The first-order valence-electron chi connectivity index (χ1n) is 10.3. The second-order valence-electron chi connectivity index (χ2n) is 8.73. The molecule has 0 saturated carbocycles. The molecule has 0 aromatic heterocycles. The average molecular weight is 402 g/mol. The van der Waals surface area contributed by atoms with E-state index < -0.39 is 5.60 Å². The molecule has 158 valence electrons. The number of carbonyl (C=O) groups is 2. The summed E-state index contributed by atoms with van der Waals surface area (Å²) in [6, 6.07) is 6.15. The Morgan fingerprint density at radius 3 is 2.62 bits per heavy atom. The quantitative estimate of drug-likeness (QED) is 0.558. The van der Waals surface area contributed by atoms with E-state index in [9.17, 15) is 9.59 Å². The van der Waals surface area contributed by atoms with E-state index >= 15 is 0 Å². The summed E-state index contributed by atoms with van der Waals surface area (Å²) in [5.74, 6) is 0.935. The minimum Gasteiger partial charge on any atom is -0.493 e. The van der Waals surface area contributed by atoms with Gasteiger partial charge in [-0.3, -0.25) is 0 Å². The van der Waals surface area contributed by atoms with E-state index in [0.717, 1.165) is 42.6 Å². The van der Waals surface area contributed by atoms with Gasteiger partial charge in [-0.15, -0.1) is 0 Å². The molecule has 2 aliphatic rings. The Bertz CT molecular complexity index is 785. The fraction of sp³-hybridized carbons (Fsp3) is 0.565. The molecule has 0 unspecified atom stereocenters. The summed E-state index contributed by atoms with van der Waals surface area (Å²) in [5, 5.41) is 0. The highest BCUT2D eigenvalue weighted by atomic mass is 16.6. The number of fused-ring (bicyclic) bond motifs is 1. The molecule has 1 aromatic carbocycles. The molecule has 0 bridgehead atoms. The molecule has 1 aromatic rings. The lowest BCUT2D eigenvalue weighted by atomic mass is 9.87. The molecule has 2 aliphatic heterocycles. The van der Waals surface area contributed by atoms with Crippen LogP contribution in [-0.2, 0) is 20.7 Å². The van der Waals surface area contributed by atoms with Crippen LogP contribution >= 0.6 is 0 Å². The van der Waals surface area contributed by atoms with Crippen LogP contribution in [0.3, 0.4) is 0 Å². The van der Waals surface area contributed by atoms with Crippen molar-refractivity contribution in [2.75, 3.05) is 26.8 Å². The van der Waals surface area contributed by atoms with Gasteiger partial charge in [-0.2, -0.15) is 0 Å². The zero-order valence-corrected chi connectivity index (χ0v) is 17.8. The average Bonchev–Trinajstić information content (AvgIpc) is 3.14. The van der Waals surface area contributed by atoms with E-state index in [1.54, 1.807) is 11.0 Å². The van der Waals surface area contributed by atoms with Crippen molar-refractivity contribution in [3.63, 3.8) is 0 Å². The predicted molar refractivity (Wildman–Crippen MR) is 111 cm³/mol. The molecule has 1 saturated heterocycles. The van der Waals surface area contributed by atoms with Crippen LogP contribution < -0.4 is 4.74 Å². The summed E-state index contributed by atoms with van der Waals surface area (Å²) >= 11 is 0. The number of amides is 1. The van der Waals surface area contributed by atoms with E-state index in [4.69, 9.17) is 14.2 Å². The fourth-order valence-electron chi connectivity index (χ4n) is 3.78.